The fourth-order valence-corrected chi connectivity index (χ4v) is 8.39. The van der Waals surface area contributed by atoms with Crippen LogP contribution in [0.5, 0.6) is 0 Å². The number of β-lactam (4-membered cyclic amide) rings is 1. The Labute approximate surface area is 254 Å². The monoisotopic (exact) mass is 628 g/mol. The molecule has 3 N–H and O–H groups in total. The number of carboxylic acid groups (broad SMARTS) is 1. The first-order chi connectivity index (χ1) is 19.9. The summed E-state index contributed by atoms with van der Waals surface area (Å²) in [6, 6.07) is 6.72. The highest BCUT2D eigenvalue weighted by Crippen LogP contribution is 2.50. The van der Waals surface area contributed by atoms with Gasteiger partial charge in [-0.3, -0.25) is 19.2 Å². The zero-order valence-corrected chi connectivity index (χ0v) is 24.8. The molecule has 2 saturated heterocycles. The van der Waals surface area contributed by atoms with Crippen LogP contribution in [0, 0.1) is 0 Å². The summed E-state index contributed by atoms with van der Waals surface area (Å²) in [7, 11) is 0. The van der Waals surface area contributed by atoms with Crippen molar-refractivity contribution in [3.63, 3.8) is 0 Å². The molecule has 2 fully saturated rings. The zero-order valence-electron chi connectivity index (χ0n) is 22.5. The number of rotatable bonds is 6. The van der Waals surface area contributed by atoms with E-state index in [2.05, 4.69) is 10.6 Å². The molecule has 218 valence electrons. The summed E-state index contributed by atoms with van der Waals surface area (Å²) in [5.74, 6) is -3.07. The van der Waals surface area contributed by atoms with Gasteiger partial charge < -0.3 is 25.2 Å². The molecule has 4 unspecified atom stereocenters. The molecule has 3 aliphatic heterocycles. The second-order valence-electron chi connectivity index (χ2n) is 11.1. The minimum Gasteiger partial charge on any atom is -0.480 e. The number of aromatic nitrogens is 1. The number of thioether (sulfide) groups is 1. The number of aliphatic carboxylic acids is 1. The maximum atomic E-state index is 13.6. The maximum absolute atomic E-state index is 13.6. The van der Waals surface area contributed by atoms with E-state index in [1.54, 1.807) is 48.7 Å². The lowest BCUT2D eigenvalue weighted by molar-refractivity contribution is -0.161. The number of aryl methyl sites for hydroxylation is 2. The second-order valence-corrected chi connectivity index (χ2v) is 13.7. The van der Waals surface area contributed by atoms with E-state index in [-0.39, 0.29) is 16.0 Å². The Morgan fingerprint density at radius 1 is 1.12 bits per heavy atom. The predicted molar refractivity (Wildman–Crippen MR) is 159 cm³/mol. The van der Waals surface area contributed by atoms with Crippen LogP contribution < -0.4 is 16.1 Å². The summed E-state index contributed by atoms with van der Waals surface area (Å²) in [5, 5.41) is 15.3. The minimum absolute atomic E-state index is 0.135. The Kier molecular flexibility index (Phi) is 7.02. The molecule has 0 aliphatic carbocycles. The average Bonchev–Trinajstić information content (AvgIpc) is 3.21. The number of carboxylic acids is 1. The van der Waals surface area contributed by atoms with Gasteiger partial charge in [0.1, 0.15) is 29.1 Å². The van der Waals surface area contributed by atoms with Crippen LogP contribution in [0.15, 0.2) is 47.4 Å². The molecule has 4 atom stereocenters. The van der Waals surface area contributed by atoms with Crippen LogP contribution in [-0.4, -0.2) is 60.5 Å². The smallest absolute Gasteiger partial charge is 0.327 e. The van der Waals surface area contributed by atoms with E-state index in [9.17, 15) is 29.1 Å². The molecule has 42 heavy (non-hydrogen) atoms. The molecular formula is C29H26Cl2N4O6S. The fraction of sp³-hybridized carbons (Fsp3) is 0.345. The van der Waals surface area contributed by atoms with Crippen LogP contribution in [0.4, 0.5) is 0 Å². The summed E-state index contributed by atoms with van der Waals surface area (Å²) >= 11 is 14.1. The van der Waals surface area contributed by atoms with E-state index in [0.717, 1.165) is 12.0 Å². The van der Waals surface area contributed by atoms with Crippen LogP contribution in [0.3, 0.4) is 0 Å². The molecule has 3 amide bonds. The van der Waals surface area contributed by atoms with Gasteiger partial charge in [-0.05, 0) is 43.9 Å². The third-order valence-corrected chi connectivity index (χ3v) is 10.3. The van der Waals surface area contributed by atoms with E-state index < -0.39 is 57.4 Å². The minimum atomic E-state index is -1.25. The molecular weight excluding hydrogens is 603 g/mol. The molecule has 0 saturated carbocycles. The van der Waals surface area contributed by atoms with Crippen LogP contribution in [0.25, 0.3) is 10.9 Å². The van der Waals surface area contributed by atoms with Gasteiger partial charge in [-0.15, -0.1) is 11.8 Å². The Morgan fingerprint density at radius 3 is 2.52 bits per heavy atom. The van der Waals surface area contributed by atoms with Gasteiger partial charge in [0, 0.05) is 22.5 Å². The fourth-order valence-electron chi connectivity index (χ4n) is 6.13. The van der Waals surface area contributed by atoms with Crippen molar-refractivity contribution in [1.82, 2.24) is 20.1 Å². The van der Waals surface area contributed by atoms with E-state index in [1.807, 2.05) is 0 Å². The lowest BCUT2D eigenvalue weighted by Crippen LogP contribution is -2.71. The van der Waals surface area contributed by atoms with Crippen LogP contribution >= 0.6 is 35.0 Å². The number of hydrogen-bond donors (Lipinski definition) is 3. The molecule has 1 aromatic heterocycles. The first-order valence-corrected chi connectivity index (χ1v) is 15.0. The van der Waals surface area contributed by atoms with Crippen molar-refractivity contribution in [2.75, 3.05) is 0 Å². The normalized spacial score (nSPS) is 22.7. The topological polar surface area (TPSA) is 138 Å². The summed E-state index contributed by atoms with van der Waals surface area (Å²) in [5.41, 5.74) is 1.07. The Morgan fingerprint density at radius 2 is 1.83 bits per heavy atom. The molecule has 3 aromatic rings. The van der Waals surface area contributed by atoms with Gasteiger partial charge in [-0.2, -0.15) is 0 Å². The van der Waals surface area contributed by atoms with Crippen LogP contribution in [-0.2, 0) is 27.3 Å². The highest BCUT2D eigenvalue weighted by Gasteiger charge is 2.64. The Balaban J connectivity index is 1.31. The third kappa shape index (κ3) is 4.45. The first kappa shape index (κ1) is 28.6. The average molecular weight is 630 g/mol. The van der Waals surface area contributed by atoms with Crippen LogP contribution in [0.2, 0.25) is 10.0 Å². The second kappa shape index (κ2) is 10.3. The summed E-state index contributed by atoms with van der Waals surface area (Å²) < 4.78 is 1.03. The van der Waals surface area contributed by atoms with E-state index in [4.69, 9.17) is 23.2 Å². The number of nitrogens with zero attached hydrogens (tertiary/aromatic N) is 2. The molecule has 10 nitrogen and oxygen atoms in total. The maximum Gasteiger partial charge on any atom is 0.327 e. The number of pyridine rings is 1. The molecule has 3 aliphatic rings. The largest absolute Gasteiger partial charge is 0.480 e. The van der Waals surface area contributed by atoms with Gasteiger partial charge in [-0.1, -0.05) is 53.5 Å². The van der Waals surface area contributed by atoms with Crippen molar-refractivity contribution < 1.29 is 24.3 Å². The number of nitrogens with one attached hydrogen (secondary N) is 2. The molecule has 4 heterocycles. The van der Waals surface area contributed by atoms with Crippen molar-refractivity contribution in [3.05, 3.63) is 79.6 Å². The highest BCUT2D eigenvalue weighted by molar-refractivity contribution is 8.01. The first-order valence-electron chi connectivity index (χ1n) is 13.3. The van der Waals surface area contributed by atoms with E-state index in [1.165, 1.54) is 28.9 Å². The SMILES string of the molecule is CC1(C)SC2C(NC(=O)C(NC(=O)c3cn4c5c(c(Cl)cc(Cl)c5c3=O)CCC4)c3ccccc3)C(=O)N2C1C(=O)O. The molecule has 6 rings (SSSR count). The molecule has 0 radical (unpaired) electrons. The molecule has 2 aromatic carbocycles. The summed E-state index contributed by atoms with van der Waals surface area (Å²) in [6.45, 7) is 4.04. The quantitative estimate of drug-likeness (QED) is 0.356. The van der Waals surface area contributed by atoms with Crippen molar-refractivity contribution >= 4 is 69.6 Å². The standard InChI is InChI=1S/C29H26Cl2N4O6S/c1-29(2)23(28(40)41)35-26(39)20(27(35)42-29)33-25(38)19(13-7-4-3-5-8-13)32-24(37)15-12-34-10-6-9-14-16(30)11-17(31)18(21(14)34)22(15)36/h3-5,7-8,11-12,19-20,23,27H,6,9-10H2,1-2H3,(H,32,37)(H,33,38)(H,40,41). The number of halogens is 2. The highest BCUT2D eigenvalue weighted by atomic mass is 35.5. The lowest BCUT2D eigenvalue weighted by Gasteiger charge is -2.44. The van der Waals surface area contributed by atoms with Crippen molar-refractivity contribution in [2.24, 2.45) is 0 Å². The number of benzene rings is 2. The van der Waals surface area contributed by atoms with Gasteiger partial charge >= 0.3 is 5.97 Å². The summed E-state index contributed by atoms with van der Waals surface area (Å²) in [4.78, 5) is 67.0. The predicted octanol–water partition coefficient (Wildman–Crippen LogP) is 3.36. The molecule has 0 spiro atoms. The van der Waals surface area contributed by atoms with E-state index >= 15 is 0 Å². The Hall–Kier alpha value is -3.54. The van der Waals surface area contributed by atoms with Gasteiger partial charge in [0.25, 0.3) is 5.91 Å². The van der Waals surface area contributed by atoms with E-state index in [0.29, 0.717) is 29.1 Å². The van der Waals surface area contributed by atoms with Crippen molar-refractivity contribution in [1.29, 1.82) is 0 Å². The van der Waals surface area contributed by atoms with Crippen molar-refractivity contribution in [2.45, 2.75) is 61.5 Å². The van der Waals surface area contributed by atoms with Gasteiger partial charge in [-0.25, -0.2) is 4.79 Å². The molecule has 0 bridgehead atoms. The third-order valence-electron chi connectivity index (χ3n) is 8.06. The number of hydrogen-bond acceptors (Lipinski definition) is 6. The number of amides is 3. The number of fused-ring (bicyclic) bond motifs is 1. The van der Waals surface area contributed by atoms with Gasteiger partial charge in [0.05, 0.1) is 15.9 Å². The van der Waals surface area contributed by atoms with Crippen LogP contribution in [0.1, 0.15) is 47.8 Å². The number of carbonyl (C=O) groups is 4. The number of carbonyl (C=O) groups excluding carboxylic acids is 3. The van der Waals surface area contributed by atoms with Gasteiger partial charge in [0.15, 0.2) is 0 Å². The zero-order chi connectivity index (χ0) is 30.1. The van der Waals surface area contributed by atoms with Crippen molar-refractivity contribution in [3.8, 4) is 0 Å². The lowest BCUT2D eigenvalue weighted by atomic mass is 9.95. The summed E-state index contributed by atoms with van der Waals surface area (Å²) in [6.07, 6.45) is 2.90. The van der Waals surface area contributed by atoms with Gasteiger partial charge in [0.2, 0.25) is 17.2 Å². The Bertz CT molecular complexity index is 1740. The molecule has 13 heteroatoms.